The molecule has 3 rings (SSSR count). The zero-order chi connectivity index (χ0) is 22.2. The maximum atomic E-state index is 13.5. The Hall–Kier alpha value is -1.80. The minimum atomic E-state index is -3.62. The van der Waals surface area contributed by atoms with Gasteiger partial charge in [0.15, 0.2) is 0 Å². The van der Waals surface area contributed by atoms with Crippen molar-refractivity contribution in [1.82, 2.24) is 9.21 Å². The third-order valence-electron chi connectivity index (χ3n) is 6.36. The van der Waals surface area contributed by atoms with Crippen molar-refractivity contribution in [3.63, 3.8) is 0 Å². The van der Waals surface area contributed by atoms with Crippen LogP contribution in [-0.2, 0) is 14.8 Å². The van der Waals surface area contributed by atoms with Crippen LogP contribution < -0.4 is 4.74 Å². The Morgan fingerprint density at radius 3 is 2.37 bits per heavy atom. The molecule has 0 radical (unpaired) electrons. The molecule has 1 aromatic rings. The lowest BCUT2D eigenvalue weighted by Crippen LogP contribution is -2.50. The molecule has 0 bridgehead atoms. The van der Waals surface area contributed by atoms with Crippen molar-refractivity contribution >= 4 is 16.1 Å². The van der Waals surface area contributed by atoms with Crippen LogP contribution in [0.15, 0.2) is 11.0 Å². The number of amides is 1. The number of methoxy groups -OCH3 is 1. The minimum absolute atomic E-state index is 0.0231. The number of benzene rings is 1. The molecule has 1 atom stereocenters. The SMILES string of the molecule is COc1cc(C)c(S(=O)(=O)N2CCC(N3C(=O)OCC3CC(C)C)CC2)c(C)c1C. The smallest absolute Gasteiger partial charge is 0.410 e. The van der Waals surface area contributed by atoms with Crippen LogP contribution in [0.1, 0.15) is 49.8 Å². The first-order valence-electron chi connectivity index (χ1n) is 10.7. The Kier molecular flexibility index (Phi) is 6.67. The first-order chi connectivity index (χ1) is 14.1. The maximum Gasteiger partial charge on any atom is 0.410 e. The van der Waals surface area contributed by atoms with Crippen molar-refractivity contribution in [2.45, 2.75) is 70.9 Å². The minimum Gasteiger partial charge on any atom is -0.496 e. The number of cyclic esters (lactones) is 1. The molecule has 7 nitrogen and oxygen atoms in total. The van der Waals surface area contributed by atoms with Gasteiger partial charge in [0.2, 0.25) is 10.0 Å². The Bertz CT molecular complexity index is 905. The monoisotopic (exact) mass is 438 g/mol. The van der Waals surface area contributed by atoms with Gasteiger partial charge in [0.1, 0.15) is 12.4 Å². The van der Waals surface area contributed by atoms with E-state index in [0.29, 0.717) is 54.7 Å². The van der Waals surface area contributed by atoms with E-state index in [1.165, 1.54) is 0 Å². The molecule has 2 fully saturated rings. The summed E-state index contributed by atoms with van der Waals surface area (Å²) in [6.07, 6.45) is 1.87. The van der Waals surface area contributed by atoms with E-state index < -0.39 is 10.0 Å². The molecule has 2 saturated heterocycles. The highest BCUT2D eigenvalue weighted by atomic mass is 32.2. The fourth-order valence-electron chi connectivity index (χ4n) is 4.76. The molecule has 0 N–H and O–H groups in total. The van der Waals surface area contributed by atoms with Gasteiger partial charge in [-0.3, -0.25) is 4.90 Å². The predicted octanol–water partition coefficient (Wildman–Crippen LogP) is 3.64. The summed E-state index contributed by atoms with van der Waals surface area (Å²) in [7, 11) is -2.03. The van der Waals surface area contributed by atoms with Crippen LogP contribution >= 0.6 is 0 Å². The number of ether oxygens (including phenoxy) is 2. The first kappa shape index (κ1) is 22.9. The second kappa shape index (κ2) is 8.75. The van der Waals surface area contributed by atoms with Crippen molar-refractivity contribution in [2.75, 3.05) is 26.8 Å². The summed E-state index contributed by atoms with van der Waals surface area (Å²) in [6, 6.07) is 1.90. The average molecular weight is 439 g/mol. The predicted molar refractivity (Wildman–Crippen MR) is 115 cm³/mol. The summed E-state index contributed by atoms with van der Waals surface area (Å²) in [5, 5.41) is 0. The van der Waals surface area contributed by atoms with Gasteiger partial charge in [-0.1, -0.05) is 13.8 Å². The van der Waals surface area contributed by atoms with Crippen LogP contribution in [0.4, 0.5) is 4.79 Å². The van der Waals surface area contributed by atoms with E-state index >= 15 is 0 Å². The summed E-state index contributed by atoms with van der Waals surface area (Å²) in [5.41, 5.74) is 2.26. The molecule has 0 aromatic heterocycles. The lowest BCUT2D eigenvalue weighted by atomic mass is 9.99. The second-order valence-electron chi connectivity index (χ2n) is 8.88. The second-order valence-corrected chi connectivity index (χ2v) is 10.8. The zero-order valence-electron chi connectivity index (χ0n) is 18.9. The van der Waals surface area contributed by atoms with E-state index in [1.807, 2.05) is 25.7 Å². The van der Waals surface area contributed by atoms with Gasteiger partial charge in [-0.25, -0.2) is 13.2 Å². The Morgan fingerprint density at radius 1 is 1.17 bits per heavy atom. The molecule has 168 valence electrons. The number of carbonyl (C=O) groups is 1. The summed E-state index contributed by atoms with van der Waals surface area (Å²) in [6.45, 7) is 11.0. The highest BCUT2D eigenvalue weighted by molar-refractivity contribution is 7.89. The maximum absolute atomic E-state index is 13.5. The number of piperidine rings is 1. The molecule has 8 heteroatoms. The topological polar surface area (TPSA) is 76.2 Å². The molecule has 2 aliphatic rings. The normalized spacial score (nSPS) is 21.4. The van der Waals surface area contributed by atoms with E-state index in [9.17, 15) is 13.2 Å². The summed E-state index contributed by atoms with van der Waals surface area (Å²) in [5.74, 6) is 1.17. The molecule has 1 unspecified atom stereocenters. The van der Waals surface area contributed by atoms with Crippen molar-refractivity contribution in [2.24, 2.45) is 5.92 Å². The first-order valence-corrected chi connectivity index (χ1v) is 12.1. The molecule has 2 aliphatic heterocycles. The Morgan fingerprint density at radius 2 is 1.80 bits per heavy atom. The molecule has 0 saturated carbocycles. The number of sulfonamides is 1. The van der Waals surface area contributed by atoms with Crippen LogP contribution in [0.2, 0.25) is 0 Å². The van der Waals surface area contributed by atoms with Gasteiger partial charge in [-0.2, -0.15) is 4.31 Å². The molecular weight excluding hydrogens is 404 g/mol. The summed E-state index contributed by atoms with van der Waals surface area (Å²) < 4.78 is 39.2. The highest BCUT2D eigenvalue weighted by Gasteiger charge is 2.41. The quantitative estimate of drug-likeness (QED) is 0.678. The van der Waals surface area contributed by atoms with E-state index in [2.05, 4.69) is 13.8 Å². The standard InChI is InChI=1S/C22H34N2O5S/c1-14(2)11-19-13-29-22(25)24(19)18-7-9-23(10-8-18)30(26,27)21-15(3)12-20(28-6)16(4)17(21)5/h12,14,18-19H,7-11,13H2,1-6H3. The van der Waals surface area contributed by atoms with Crippen LogP contribution in [0.3, 0.4) is 0 Å². The van der Waals surface area contributed by atoms with Crippen molar-refractivity contribution < 1.29 is 22.7 Å². The van der Waals surface area contributed by atoms with Crippen molar-refractivity contribution in [3.05, 3.63) is 22.8 Å². The van der Waals surface area contributed by atoms with Gasteiger partial charge >= 0.3 is 6.09 Å². The molecule has 2 heterocycles. The Balaban J connectivity index is 1.78. The molecule has 30 heavy (non-hydrogen) atoms. The van der Waals surface area contributed by atoms with Crippen LogP contribution in [0, 0.1) is 26.7 Å². The highest BCUT2D eigenvalue weighted by Crippen LogP contribution is 2.34. The third kappa shape index (κ3) is 4.17. The molecule has 0 aliphatic carbocycles. The van der Waals surface area contributed by atoms with E-state index in [4.69, 9.17) is 9.47 Å². The largest absolute Gasteiger partial charge is 0.496 e. The number of carbonyl (C=O) groups excluding carboxylic acids is 1. The number of aryl methyl sites for hydroxylation is 1. The van der Waals surface area contributed by atoms with Crippen LogP contribution in [0.5, 0.6) is 5.75 Å². The summed E-state index contributed by atoms with van der Waals surface area (Å²) in [4.78, 5) is 14.5. The van der Waals surface area contributed by atoms with E-state index in [0.717, 1.165) is 17.5 Å². The fraction of sp³-hybridized carbons (Fsp3) is 0.682. The van der Waals surface area contributed by atoms with Gasteiger partial charge < -0.3 is 9.47 Å². The van der Waals surface area contributed by atoms with Gasteiger partial charge in [0.05, 0.1) is 18.0 Å². The molecule has 1 aromatic carbocycles. The van der Waals surface area contributed by atoms with Crippen molar-refractivity contribution in [1.29, 1.82) is 0 Å². The summed E-state index contributed by atoms with van der Waals surface area (Å²) >= 11 is 0. The van der Waals surface area contributed by atoms with E-state index in [-0.39, 0.29) is 18.2 Å². The van der Waals surface area contributed by atoms with Gasteiger partial charge in [-0.15, -0.1) is 0 Å². The van der Waals surface area contributed by atoms with Gasteiger partial charge in [0, 0.05) is 19.1 Å². The lowest BCUT2D eigenvalue weighted by Gasteiger charge is -2.38. The number of hydrogen-bond acceptors (Lipinski definition) is 5. The van der Waals surface area contributed by atoms with Gasteiger partial charge in [-0.05, 0) is 68.7 Å². The number of hydrogen-bond donors (Lipinski definition) is 0. The fourth-order valence-corrected chi connectivity index (χ4v) is 6.72. The van der Waals surface area contributed by atoms with Crippen molar-refractivity contribution in [3.8, 4) is 5.75 Å². The molecular formula is C22H34N2O5S. The zero-order valence-corrected chi connectivity index (χ0v) is 19.7. The average Bonchev–Trinajstić information content (AvgIpc) is 3.04. The van der Waals surface area contributed by atoms with Crippen LogP contribution in [0.25, 0.3) is 0 Å². The van der Waals surface area contributed by atoms with Crippen LogP contribution in [-0.4, -0.2) is 62.6 Å². The third-order valence-corrected chi connectivity index (χ3v) is 8.55. The van der Waals surface area contributed by atoms with E-state index in [1.54, 1.807) is 17.5 Å². The number of rotatable bonds is 6. The Labute approximate surface area is 180 Å². The molecule has 1 amide bonds. The number of nitrogens with zero attached hydrogens (tertiary/aromatic N) is 2. The van der Waals surface area contributed by atoms with Gasteiger partial charge in [0.25, 0.3) is 0 Å². The molecule has 0 spiro atoms. The lowest BCUT2D eigenvalue weighted by molar-refractivity contribution is 0.121.